The molecule has 1 unspecified atom stereocenters. The summed E-state index contributed by atoms with van der Waals surface area (Å²) >= 11 is 0. The van der Waals surface area contributed by atoms with Crippen molar-refractivity contribution in [1.29, 1.82) is 0 Å². The third-order valence-electron chi connectivity index (χ3n) is 6.77. The summed E-state index contributed by atoms with van der Waals surface area (Å²) in [7, 11) is 1.35. The maximum absolute atomic E-state index is 12.8. The molecule has 1 aliphatic carbocycles. The first-order valence-electron chi connectivity index (χ1n) is 11.2. The minimum Gasteiger partial charge on any atom is -0.504 e. The normalized spacial score (nSPS) is 40.6. The number of phenolic OH excluding ortho intramolecular Hbond substituents is 1. The minimum atomic E-state index is -1.65. The van der Waals surface area contributed by atoms with Crippen LogP contribution < -0.4 is 4.74 Å². The first-order valence-corrected chi connectivity index (χ1v) is 11.2. The SMILES string of the molecule is COc1cc(C(=O)O[C@@H]2C[C@](C)(O)C3[C@H](O[C@@H]4O[C@H](CO)[C@@H](O)[C@H](O)[C@H]4O)OC=C[C@H]32)ccc1O. The van der Waals surface area contributed by atoms with Crippen molar-refractivity contribution >= 4 is 5.97 Å². The summed E-state index contributed by atoms with van der Waals surface area (Å²) in [6.07, 6.45) is -6.40. The largest absolute Gasteiger partial charge is 0.504 e. The highest BCUT2D eigenvalue weighted by molar-refractivity contribution is 5.90. The van der Waals surface area contributed by atoms with E-state index in [1.807, 2.05) is 0 Å². The minimum absolute atomic E-state index is 0.0472. The molecule has 0 spiro atoms. The molecular weight excluding hydrogens is 468 g/mol. The van der Waals surface area contributed by atoms with Gasteiger partial charge in [0.05, 0.1) is 37.1 Å². The van der Waals surface area contributed by atoms with Crippen molar-refractivity contribution in [2.45, 2.75) is 62.0 Å². The average Bonchev–Trinajstić information content (AvgIpc) is 3.09. The van der Waals surface area contributed by atoms with Crippen LogP contribution in [0.25, 0.3) is 0 Å². The van der Waals surface area contributed by atoms with E-state index in [0.717, 1.165) is 0 Å². The molecule has 0 radical (unpaired) electrons. The Bertz CT molecular complexity index is 946. The number of esters is 1. The van der Waals surface area contributed by atoms with Crippen LogP contribution in [0, 0.1) is 11.8 Å². The Kier molecular flexibility index (Phi) is 7.25. The van der Waals surface area contributed by atoms with Crippen LogP contribution in [0.5, 0.6) is 11.5 Å². The number of phenols is 1. The summed E-state index contributed by atoms with van der Waals surface area (Å²) in [6, 6.07) is 4.03. The lowest BCUT2D eigenvalue weighted by molar-refractivity contribution is -0.346. The third-order valence-corrected chi connectivity index (χ3v) is 6.77. The van der Waals surface area contributed by atoms with Gasteiger partial charge in [-0.1, -0.05) is 0 Å². The Hall–Kier alpha value is -2.45. The Morgan fingerprint density at radius 2 is 1.91 bits per heavy atom. The monoisotopic (exact) mass is 498 g/mol. The highest BCUT2D eigenvalue weighted by atomic mass is 16.8. The maximum Gasteiger partial charge on any atom is 0.338 e. The fourth-order valence-electron chi connectivity index (χ4n) is 4.90. The van der Waals surface area contributed by atoms with E-state index in [1.165, 1.54) is 38.5 Å². The van der Waals surface area contributed by atoms with Gasteiger partial charge in [0.15, 0.2) is 17.8 Å². The number of aliphatic hydroxyl groups is 5. The van der Waals surface area contributed by atoms with Gasteiger partial charge in [-0.2, -0.15) is 0 Å². The molecule has 35 heavy (non-hydrogen) atoms. The lowest BCUT2D eigenvalue weighted by Crippen LogP contribution is -2.60. The maximum atomic E-state index is 12.8. The van der Waals surface area contributed by atoms with Gasteiger partial charge in [0, 0.05) is 12.3 Å². The van der Waals surface area contributed by atoms with Crippen molar-refractivity contribution in [1.82, 2.24) is 0 Å². The molecule has 0 amide bonds. The van der Waals surface area contributed by atoms with Gasteiger partial charge >= 0.3 is 5.97 Å². The number of carbonyl (C=O) groups excluding carboxylic acids is 1. The average molecular weight is 498 g/mol. The van der Waals surface area contributed by atoms with Gasteiger partial charge < -0.3 is 54.3 Å². The molecule has 4 rings (SSSR count). The molecule has 1 aromatic carbocycles. The lowest BCUT2D eigenvalue weighted by atomic mass is 9.85. The molecule has 6 N–H and O–H groups in total. The summed E-state index contributed by atoms with van der Waals surface area (Å²) in [5.74, 6) is -2.00. The smallest absolute Gasteiger partial charge is 0.338 e. The zero-order valence-electron chi connectivity index (χ0n) is 19.1. The van der Waals surface area contributed by atoms with E-state index in [-0.39, 0.29) is 23.5 Å². The molecule has 0 bridgehead atoms. The number of carbonyl (C=O) groups is 1. The molecule has 12 nitrogen and oxygen atoms in total. The Morgan fingerprint density at radius 1 is 1.17 bits per heavy atom. The van der Waals surface area contributed by atoms with Gasteiger partial charge in [-0.3, -0.25) is 0 Å². The van der Waals surface area contributed by atoms with Gasteiger partial charge in [-0.15, -0.1) is 0 Å². The number of hydrogen-bond acceptors (Lipinski definition) is 12. The summed E-state index contributed by atoms with van der Waals surface area (Å²) in [5, 5.41) is 60.6. The number of aliphatic hydroxyl groups excluding tert-OH is 4. The third kappa shape index (κ3) is 4.83. The van der Waals surface area contributed by atoms with Crippen LogP contribution in [0.2, 0.25) is 0 Å². The molecule has 2 fully saturated rings. The van der Waals surface area contributed by atoms with Gasteiger partial charge in [-0.25, -0.2) is 4.79 Å². The van der Waals surface area contributed by atoms with Crippen LogP contribution >= 0.6 is 0 Å². The van der Waals surface area contributed by atoms with Crippen LogP contribution in [0.4, 0.5) is 0 Å². The zero-order chi connectivity index (χ0) is 25.5. The van der Waals surface area contributed by atoms with Gasteiger partial charge in [0.1, 0.15) is 30.5 Å². The fourth-order valence-corrected chi connectivity index (χ4v) is 4.90. The molecule has 3 aliphatic rings. The van der Waals surface area contributed by atoms with Crippen molar-refractivity contribution in [3.63, 3.8) is 0 Å². The van der Waals surface area contributed by atoms with Gasteiger partial charge in [0.25, 0.3) is 0 Å². The number of hydrogen-bond donors (Lipinski definition) is 6. The van der Waals surface area contributed by atoms with Crippen LogP contribution in [0.1, 0.15) is 23.7 Å². The molecule has 10 atom stereocenters. The summed E-state index contributed by atoms with van der Waals surface area (Å²) in [6.45, 7) is 0.911. The molecule has 2 heterocycles. The van der Waals surface area contributed by atoms with Crippen LogP contribution in [-0.2, 0) is 18.9 Å². The molecule has 1 aromatic rings. The number of methoxy groups -OCH3 is 1. The van der Waals surface area contributed by atoms with E-state index < -0.39 is 73.1 Å². The zero-order valence-corrected chi connectivity index (χ0v) is 19.1. The molecule has 1 saturated carbocycles. The summed E-state index contributed by atoms with van der Waals surface area (Å²) in [4.78, 5) is 12.8. The van der Waals surface area contributed by atoms with E-state index in [4.69, 9.17) is 23.7 Å². The second-order valence-electron chi connectivity index (χ2n) is 9.16. The molecule has 194 valence electrons. The van der Waals surface area contributed by atoms with Crippen molar-refractivity contribution in [3.8, 4) is 11.5 Å². The van der Waals surface area contributed by atoms with Gasteiger partial charge in [-0.05, 0) is 31.2 Å². The first kappa shape index (κ1) is 25.6. The number of ether oxygens (including phenoxy) is 5. The van der Waals surface area contributed by atoms with Crippen LogP contribution in [-0.4, -0.2) is 99.0 Å². The van der Waals surface area contributed by atoms with Crippen molar-refractivity contribution in [2.24, 2.45) is 11.8 Å². The standard InChI is InChI=1S/C23H30O12/c1-23(30)8-14(33-20(29)10-3-4-12(25)13(7-10)31-2)11-5-6-32-21(16(11)23)35-22-19(28)18(27)17(26)15(9-24)34-22/h3-7,11,14-19,21-22,24-28,30H,8-9H2,1-2H3/t11-,14+,15+,16?,17+,18-,19+,21-,22-,23-/m0/s1. The van der Waals surface area contributed by atoms with E-state index in [2.05, 4.69) is 0 Å². The summed E-state index contributed by atoms with van der Waals surface area (Å²) in [5.41, 5.74) is -1.28. The molecule has 2 aliphatic heterocycles. The van der Waals surface area contributed by atoms with Crippen molar-refractivity contribution in [2.75, 3.05) is 13.7 Å². The van der Waals surface area contributed by atoms with E-state index in [0.29, 0.717) is 0 Å². The number of rotatable bonds is 6. The number of aromatic hydroxyl groups is 1. The van der Waals surface area contributed by atoms with E-state index in [1.54, 1.807) is 6.08 Å². The lowest BCUT2D eigenvalue weighted by Gasteiger charge is -2.43. The molecule has 1 saturated heterocycles. The Labute approximate surface area is 200 Å². The van der Waals surface area contributed by atoms with Gasteiger partial charge in [0.2, 0.25) is 6.29 Å². The van der Waals surface area contributed by atoms with Crippen LogP contribution in [0.3, 0.4) is 0 Å². The first-order chi connectivity index (χ1) is 16.6. The predicted molar refractivity (Wildman–Crippen MR) is 115 cm³/mol. The second kappa shape index (κ2) is 9.90. The predicted octanol–water partition coefficient (Wildman–Crippen LogP) is -1.00. The number of fused-ring (bicyclic) bond motifs is 1. The Morgan fingerprint density at radius 3 is 2.60 bits per heavy atom. The van der Waals surface area contributed by atoms with Crippen molar-refractivity contribution < 1.29 is 59.1 Å². The quantitative estimate of drug-likeness (QED) is 0.263. The topological polar surface area (TPSA) is 185 Å². The molecule has 12 heteroatoms. The van der Waals surface area contributed by atoms with E-state index >= 15 is 0 Å². The van der Waals surface area contributed by atoms with Crippen LogP contribution in [0.15, 0.2) is 30.5 Å². The van der Waals surface area contributed by atoms with E-state index in [9.17, 15) is 35.4 Å². The highest BCUT2D eigenvalue weighted by Gasteiger charge is 2.58. The fraction of sp³-hybridized carbons (Fsp3) is 0.609. The second-order valence-corrected chi connectivity index (χ2v) is 9.16. The Balaban J connectivity index is 1.50. The number of benzene rings is 1. The summed E-state index contributed by atoms with van der Waals surface area (Å²) < 4.78 is 27.4. The molecular formula is C23H30O12. The molecule has 0 aromatic heterocycles. The highest BCUT2D eigenvalue weighted by Crippen LogP contribution is 2.48. The van der Waals surface area contributed by atoms with Crippen molar-refractivity contribution in [3.05, 3.63) is 36.1 Å².